The number of nitrogens with two attached hydrogens (primary N) is 1. The third-order valence-electron chi connectivity index (χ3n) is 3.68. The summed E-state index contributed by atoms with van der Waals surface area (Å²) >= 11 is 0. The number of benzene rings is 1. The van der Waals surface area contributed by atoms with Crippen molar-refractivity contribution in [3.05, 3.63) is 28.8 Å². The van der Waals surface area contributed by atoms with Crippen LogP contribution in [0.25, 0.3) is 0 Å². The Kier molecular flexibility index (Phi) is 6.28. The Morgan fingerprint density at radius 2 is 1.91 bits per heavy atom. The molecule has 1 atom stereocenters. The first-order valence-corrected chi connectivity index (χ1v) is 8.77. The lowest BCUT2D eigenvalue weighted by molar-refractivity contribution is -0.141. The van der Waals surface area contributed by atoms with Crippen LogP contribution in [0.3, 0.4) is 0 Å². The topological polar surface area (TPSA) is 127 Å². The standard InChI is InChI=1S/C15H22N2O5S/c1-4-5-11(15(19)20)8-17-14(18)12-6-9(2)10(3)13(7-12)23(16,21)22/h6-7,11H,4-5,8H2,1-3H3,(H,17,18)(H,19,20)(H2,16,21,22). The third kappa shape index (κ3) is 5.04. The van der Waals surface area contributed by atoms with Crippen LogP contribution < -0.4 is 10.5 Å². The van der Waals surface area contributed by atoms with Crippen LogP contribution in [0.2, 0.25) is 0 Å². The number of nitrogens with one attached hydrogen (secondary N) is 1. The van der Waals surface area contributed by atoms with Gasteiger partial charge in [0.2, 0.25) is 10.0 Å². The first-order valence-electron chi connectivity index (χ1n) is 7.23. The van der Waals surface area contributed by atoms with E-state index in [9.17, 15) is 18.0 Å². The minimum atomic E-state index is -3.94. The Bertz CT molecular complexity index is 713. The van der Waals surface area contributed by atoms with E-state index >= 15 is 0 Å². The van der Waals surface area contributed by atoms with Crippen molar-refractivity contribution >= 4 is 21.9 Å². The summed E-state index contributed by atoms with van der Waals surface area (Å²) < 4.78 is 23.2. The summed E-state index contributed by atoms with van der Waals surface area (Å²) in [6.07, 6.45) is 1.14. The van der Waals surface area contributed by atoms with Crippen molar-refractivity contribution in [1.82, 2.24) is 5.32 Å². The van der Waals surface area contributed by atoms with Crippen LogP contribution in [0.15, 0.2) is 17.0 Å². The van der Waals surface area contributed by atoms with Crippen LogP contribution in [-0.2, 0) is 14.8 Å². The minimum Gasteiger partial charge on any atom is -0.481 e. The van der Waals surface area contributed by atoms with E-state index < -0.39 is 27.8 Å². The number of carboxylic acids is 1. The van der Waals surface area contributed by atoms with E-state index in [0.717, 1.165) is 0 Å². The van der Waals surface area contributed by atoms with Gasteiger partial charge in [0, 0.05) is 12.1 Å². The summed E-state index contributed by atoms with van der Waals surface area (Å²) in [5.41, 5.74) is 1.24. The summed E-state index contributed by atoms with van der Waals surface area (Å²) in [5.74, 6) is -2.17. The Morgan fingerprint density at radius 1 is 1.30 bits per heavy atom. The lowest BCUT2D eigenvalue weighted by atomic mass is 10.0. The van der Waals surface area contributed by atoms with E-state index in [1.807, 2.05) is 6.92 Å². The molecule has 0 aliphatic carbocycles. The van der Waals surface area contributed by atoms with Crippen molar-refractivity contribution in [3.63, 3.8) is 0 Å². The zero-order valence-electron chi connectivity index (χ0n) is 13.4. The molecule has 0 spiro atoms. The molecule has 0 aromatic heterocycles. The Morgan fingerprint density at radius 3 is 2.39 bits per heavy atom. The van der Waals surface area contributed by atoms with Crippen LogP contribution >= 0.6 is 0 Å². The fraction of sp³-hybridized carbons (Fsp3) is 0.467. The maximum Gasteiger partial charge on any atom is 0.308 e. The van der Waals surface area contributed by atoms with Gasteiger partial charge >= 0.3 is 5.97 Å². The number of rotatable bonds is 7. The molecule has 0 fully saturated rings. The highest BCUT2D eigenvalue weighted by Gasteiger charge is 2.20. The van der Waals surface area contributed by atoms with Crippen molar-refractivity contribution in [2.45, 2.75) is 38.5 Å². The lowest BCUT2D eigenvalue weighted by Crippen LogP contribution is -2.33. The van der Waals surface area contributed by atoms with E-state index in [4.69, 9.17) is 10.2 Å². The number of aryl methyl sites for hydroxylation is 1. The van der Waals surface area contributed by atoms with Gasteiger partial charge in [-0.05, 0) is 43.5 Å². The predicted octanol–water partition coefficient (Wildman–Crippen LogP) is 1.18. The predicted molar refractivity (Wildman–Crippen MR) is 85.7 cm³/mol. The molecule has 7 nitrogen and oxygen atoms in total. The van der Waals surface area contributed by atoms with Gasteiger partial charge in [0.15, 0.2) is 0 Å². The number of hydrogen-bond acceptors (Lipinski definition) is 4. The molecule has 0 aliphatic rings. The van der Waals surface area contributed by atoms with Gasteiger partial charge in [0.05, 0.1) is 10.8 Å². The Labute approximate surface area is 135 Å². The van der Waals surface area contributed by atoms with Crippen molar-refractivity contribution in [2.24, 2.45) is 11.1 Å². The Balaban J connectivity index is 3.01. The van der Waals surface area contributed by atoms with Gasteiger partial charge in [-0.2, -0.15) is 0 Å². The van der Waals surface area contributed by atoms with Crippen LogP contribution in [0, 0.1) is 19.8 Å². The van der Waals surface area contributed by atoms with Gasteiger partial charge in [0.1, 0.15) is 0 Å². The molecule has 1 rings (SSSR count). The van der Waals surface area contributed by atoms with Crippen LogP contribution in [-0.4, -0.2) is 31.9 Å². The van der Waals surface area contributed by atoms with Gasteiger partial charge in [-0.3, -0.25) is 9.59 Å². The summed E-state index contributed by atoms with van der Waals surface area (Å²) in [7, 11) is -3.94. The lowest BCUT2D eigenvalue weighted by Gasteiger charge is -2.14. The molecular weight excluding hydrogens is 320 g/mol. The van der Waals surface area contributed by atoms with E-state index in [0.29, 0.717) is 24.0 Å². The van der Waals surface area contributed by atoms with Gasteiger partial charge in [-0.15, -0.1) is 0 Å². The number of sulfonamides is 1. The third-order valence-corrected chi connectivity index (χ3v) is 4.72. The molecule has 1 unspecified atom stereocenters. The molecule has 0 saturated carbocycles. The first kappa shape index (κ1) is 19.1. The molecule has 0 bridgehead atoms. The highest BCUT2D eigenvalue weighted by Crippen LogP contribution is 2.20. The zero-order chi connectivity index (χ0) is 17.8. The number of carbonyl (C=O) groups excluding carboxylic acids is 1. The largest absolute Gasteiger partial charge is 0.481 e. The molecule has 128 valence electrons. The molecule has 1 aromatic rings. The summed E-state index contributed by atoms with van der Waals surface area (Å²) in [4.78, 5) is 23.1. The van der Waals surface area contributed by atoms with Crippen molar-refractivity contribution in [1.29, 1.82) is 0 Å². The van der Waals surface area contributed by atoms with Crippen molar-refractivity contribution in [2.75, 3.05) is 6.54 Å². The molecule has 8 heteroatoms. The second-order valence-corrected chi connectivity index (χ2v) is 7.02. The number of hydrogen-bond donors (Lipinski definition) is 3. The first-order chi connectivity index (χ1) is 10.6. The molecular formula is C15H22N2O5S. The highest BCUT2D eigenvalue weighted by molar-refractivity contribution is 7.89. The maximum absolute atomic E-state index is 12.2. The SMILES string of the molecule is CCCC(CNC(=O)c1cc(C)c(C)c(S(N)(=O)=O)c1)C(=O)O. The van der Waals surface area contributed by atoms with E-state index in [1.165, 1.54) is 6.07 Å². The molecule has 1 amide bonds. The van der Waals surface area contributed by atoms with Crippen LogP contribution in [0.1, 0.15) is 41.3 Å². The maximum atomic E-state index is 12.2. The van der Waals surface area contributed by atoms with E-state index in [-0.39, 0.29) is 17.0 Å². The molecule has 0 saturated heterocycles. The quantitative estimate of drug-likeness (QED) is 0.686. The summed E-state index contributed by atoms with van der Waals surface area (Å²) in [5, 5.41) is 16.8. The average Bonchev–Trinajstić information content (AvgIpc) is 2.44. The number of primary sulfonamides is 1. The van der Waals surface area contributed by atoms with E-state index in [1.54, 1.807) is 19.9 Å². The van der Waals surface area contributed by atoms with Crippen LogP contribution in [0.5, 0.6) is 0 Å². The number of carboxylic acid groups (broad SMARTS) is 1. The average molecular weight is 342 g/mol. The summed E-state index contributed by atoms with van der Waals surface area (Å²) in [6.45, 7) is 5.13. The van der Waals surface area contributed by atoms with Crippen molar-refractivity contribution in [3.8, 4) is 0 Å². The molecule has 0 heterocycles. The molecule has 4 N–H and O–H groups in total. The van der Waals surface area contributed by atoms with Gasteiger partial charge in [-0.1, -0.05) is 13.3 Å². The van der Waals surface area contributed by atoms with Gasteiger partial charge in [-0.25, -0.2) is 13.6 Å². The van der Waals surface area contributed by atoms with Crippen molar-refractivity contribution < 1.29 is 23.1 Å². The number of amides is 1. The van der Waals surface area contributed by atoms with Gasteiger partial charge < -0.3 is 10.4 Å². The molecule has 0 aliphatic heterocycles. The fourth-order valence-electron chi connectivity index (χ4n) is 2.23. The zero-order valence-corrected chi connectivity index (χ0v) is 14.2. The van der Waals surface area contributed by atoms with Gasteiger partial charge in [0.25, 0.3) is 5.91 Å². The fourth-order valence-corrected chi connectivity index (χ4v) is 3.11. The smallest absolute Gasteiger partial charge is 0.308 e. The molecule has 0 radical (unpaired) electrons. The molecule has 1 aromatic carbocycles. The minimum absolute atomic E-state index is 0.0142. The van der Waals surface area contributed by atoms with E-state index in [2.05, 4.69) is 5.32 Å². The second-order valence-electron chi connectivity index (χ2n) is 5.50. The number of aliphatic carboxylic acids is 1. The number of carbonyl (C=O) groups is 2. The highest BCUT2D eigenvalue weighted by atomic mass is 32.2. The molecule has 23 heavy (non-hydrogen) atoms. The Hall–Kier alpha value is -1.93. The second kappa shape index (κ2) is 7.56. The monoisotopic (exact) mass is 342 g/mol. The normalized spacial score (nSPS) is 12.7. The summed E-state index contributed by atoms with van der Waals surface area (Å²) in [6, 6.07) is 2.76. The van der Waals surface area contributed by atoms with Crippen LogP contribution in [0.4, 0.5) is 0 Å².